The van der Waals surface area contributed by atoms with Crippen LogP contribution in [0.4, 0.5) is 13.2 Å². The van der Waals surface area contributed by atoms with Crippen molar-refractivity contribution < 1.29 is 31.4 Å². The summed E-state index contributed by atoms with van der Waals surface area (Å²) in [5.41, 5.74) is -2.17. The Bertz CT molecular complexity index is 1870. The molecular formula is C30H24ClF3N2O4S2. The lowest BCUT2D eigenvalue weighted by atomic mass is 9.94. The van der Waals surface area contributed by atoms with Crippen molar-refractivity contribution in [3.8, 4) is 17.0 Å². The minimum absolute atomic E-state index is 0.00145. The van der Waals surface area contributed by atoms with Crippen LogP contribution in [0.25, 0.3) is 21.3 Å². The Morgan fingerprint density at radius 3 is 2.45 bits per heavy atom. The van der Waals surface area contributed by atoms with Gasteiger partial charge in [0.2, 0.25) is 10.0 Å². The predicted octanol–water partition coefficient (Wildman–Crippen LogP) is 7.46. The number of alkyl halides is 3. The molecule has 0 aliphatic rings. The highest BCUT2D eigenvalue weighted by Gasteiger charge is 2.51. The molecule has 5 rings (SSSR count). The molecule has 2 N–H and O–H groups in total. The monoisotopic (exact) mass is 632 g/mol. The maximum absolute atomic E-state index is 13.6. The maximum atomic E-state index is 13.6. The first-order chi connectivity index (χ1) is 19.8. The minimum atomic E-state index is -4.89. The Kier molecular flexibility index (Phi) is 8.08. The molecule has 0 unspecified atom stereocenters. The molecule has 3 aromatic carbocycles. The quantitative estimate of drug-likeness (QED) is 0.185. The van der Waals surface area contributed by atoms with E-state index in [1.807, 2.05) is 6.07 Å². The first-order valence-electron chi connectivity index (χ1n) is 12.5. The van der Waals surface area contributed by atoms with Crippen LogP contribution in [0.1, 0.15) is 29.0 Å². The van der Waals surface area contributed by atoms with Crippen molar-refractivity contribution in [2.24, 2.45) is 0 Å². The van der Waals surface area contributed by atoms with Crippen molar-refractivity contribution in [2.75, 3.05) is 7.11 Å². The van der Waals surface area contributed by atoms with E-state index in [1.165, 1.54) is 42.8 Å². The second-order valence-electron chi connectivity index (χ2n) is 9.63. The number of rotatable bonds is 8. The van der Waals surface area contributed by atoms with Gasteiger partial charge in [0.1, 0.15) is 5.75 Å². The zero-order valence-electron chi connectivity index (χ0n) is 22.2. The van der Waals surface area contributed by atoms with Crippen LogP contribution in [0, 0.1) is 0 Å². The van der Waals surface area contributed by atoms with Gasteiger partial charge in [-0.1, -0.05) is 54.1 Å². The molecule has 0 radical (unpaired) electrons. The van der Waals surface area contributed by atoms with Crippen LogP contribution < -0.4 is 9.46 Å². The van der Waals surface area contributed by atoms with Crippen molar-refractivity contribution in [1.29, 1.82) is 0 Å². The molecule has 2 atom stereocenters. The molecule has 42 heavy (non-hydrogen) atoms. The number of aliphatic hydroxyl groups is 1. The molecule has 2 aromatic heterocycles. The number of nitrogens with zero attached hydrogens (tertiary/aromatic N) is 1. The van der Waals surface area contributed by atoms with E-state index in [9.17, 15) is 26.7 Å². The van der Waals surface area contributed by atoms with Crippen LogP contribution in [0.3, 0.4) is 0 Å². The lowest BCUT2D eigenvalue weighted by Crippen LogP contribution is -2.39. The number of halogens is 4. The lowest BCUT2D eigenvalue weighted by molar-refractivity contribution is -0.258. The topological polar surface area (TPSA) is 88.5 Å². The Labute approximate surface area is 249 Å². The molecule has 0 bridgehead atoms. The molecule has 0 amide bonds. The Balaban J connectivity index is 1.63. The number of benzene rings is 3. The molecule has 0 aliphatic heterocycles. The number of sulfonamides is 1. The van der Waals surface area contributed by atoms with E-state index in [-0.39, 0.29) is 16.2 Å². The first kappa shape index (κ1) is 30.0. The van der Waals surface area contributed by atoms with Gasteiger partial charge >= 0.3 is 6.18 Å². The number of nitrogens with one attached hydrogen (secondary N) is 1. The van der Waals surface area contributed by atoms with Crippen LogP contribution >= 0.6 is 22.9 Å². The van der Waals surface area contributed by atoms with Gasteiger partial charge in [0.15, 0.2) is 5.60 Å². The average molecular weight is 633 g/mol. The smallest absolute Gasteiger partial charge is 0.421 e. The maximum Gasteiger partial charge on any atom is 0.421 e. The van der Waals surface area contributed by atoms with Crippen LogP contribution in [-0.2, 0) is 15.6 Å². The van der Waals surface area contributed by atoms with E-state index in [2.05, 4.69) is 9.71 Å². The van der Waals surface area contributed by atoms with Gasteiger partial charge in [0, 0.05) is 32.4 Å². The fraction of sp³-hybridized carbons (Fsp3) is 0.167. The van der Waals surface area contributed by atoms with Gasteiger partial charge in [0.05, 0.1) is 23.7 Å². The van der Waals surface area contributed by atoms with E-state index in [1.54, 1.807) is 54.6 Å². The largest absolute Gasteiger partial charge is 0.497 e. The highest BCUT2D eigenvalue weighted by atomic mass is 35.5. The third-order valence-electron chi connectivity index (χ3n) is 6.84. The Hall–Kier alpha value is -3.48. The van der Waals surface area contributed by atoms with Crippen molar-refractivity contribution in [3.63, 3.8) is 0 Å². The first-order valence-corrected chi connectivity index (χ1v) is 15.2. The fourth-order valence-electron chi connectivity index (χ4n) is 4.45. The molecule has 12 heteroatoms. The van der Waals surface area contributed by atoms with Gasteiger partial charge in [0.25, 0.3) is 0 Å². The summed E-state index contributed by atoms with van der Waals surface area (Å²) in [6.45, 7) is 0.693. The molecule has 2 heterocycles. The summed E-state index contributed by atoms with van der Waals surface area (Å²) in [7, 11) is -2.63. The highest BCUT2D eigenvalue weighted by molar-refractivity contribution is 7.89. The molecule has 5 aromatic rings. The molecule has 0 spiro atoms. The third kappa shape index (κ3) is 5.75. The van der Waals surface area contributed by atoms with E-state index in [0.29, 0.717) is 38.4 Å². The normalized spacial score (nSPS) is 14.5. The Morgan fingerprint density at radius 2 is 1.74 bits per heavy atom. The van der Waals surface area contributed by atoms with Crippen LogP contribution in [0.5, 0.6) is 5.75 Å². The summed E-state index contributed by atoms with van der Waals surface area (Å²) < 4.78 is 76.4. The van der Waals surface area contributed by atoms with Crippen LogP contribution in [0.15, 0.2) is 96.0 Å². The number of fused-ring (bicyclic) bond motifs is 1. The summed E-state index contributed by atoms with van der Waals surface area (Å²) in [5, 5.41) is 11.3. The highest BCUT2D eigenvalue weighted by Crippen LogP contribution is 2.42. The summed E-state index contributed by atoms with van der Waals surface area (Å²) in [5.74, 6) is 0.373. The van der Waals surface area contributed by atoms with Gasteiger partial charge in [-0.3, -0.25) is 4.98 Å². The van der Waals surface area contributed by atoms with Crippen molar-refractivity contribution in [2.45, 2.75) is 29.6 Å². The number of methoxy groups -OCH3 is 1. The van der Waals surface area contributed by atoms with E-state index >= 15 is 0 Å². The summed E-state index contributed by atoms with van der Waals surface area (Å²) in [6.07, 6.45) is -3.68. The fourth-order valence-corrected chi connectivity index (χ4v) is 7.25. The SMILES string of the molecule is COc1cccc(S(=O)(=O)N[C@@H](c2cc3cccc(-c4cc([C@@](C)(O)C(F)(F)F)ccn4)c3s2)c2ccccc2Cl)c1. The number of ether oxygens (including phenoxy) is 1. The molecular weight excluding hydrogens is 609 g/mol. The number of thiophene rings is 1. The summed E-state index contributed by atoms with van der Waals surface area (Å²) >= 11 is 7.80. The second-order valence-corrected chi connectivity index (χ2v) is 12.8. The van der Waals surface area contributed by atoms with Gasteiger partial charge in [-0.2, -0.15) is 17.9 Å². The van der Waals surface area contributed by atoms with Gasteiger partial charge in [-0.15, -0.1) is 11.3 Å². The predicted molar refractivity (Wildman–Crippen MR) is 157 cm³/mol. The van der Waals surface area contributed by atoms with Gasteiger partial charge in [-0.25, -0.2) is 8.42 Å². The average Bonchev–Trinajstić information content (AvgIpc) is 3.40. The van der Waals surface area contributed by atoms with Crippen molar-refractivity contribution >= 4 is 43.0 Å². The summed E-state index contributed by atoms with van der Waals surface area (Å²) in [6, 6.07) is 21.4. The molecule has 0 aliphatic carbocycles. The van der Waals surface area contributed by atoms with E-state index in [0.717, 1.165) is 11.5 Å². The standard InChI is InChI=1S/C30H24ClF3N2O4S2/c1-29(37,30(32,33)34)19-13-14-35-25(16-19)23-11-5-7-18-15-26(41-28(18)23)27(22-10-3-4-12-24(22)31)36-42(38,39)21-9-6-8-20(17-21)40-2/h3-17,27,36-37H,1-2H3/t27-,29-/m1/s1. The number of hydrogen-bond acceptors (Lipinski definition) is 6. The number of hydrogen-bond donors (Lipinski definition) is 2. The lowest BCUT2D eigenvalue weighted by Gasteiger charge is -2.26. The Morgan fingerprint density at radius 1 is 1.00 bits per heavy atom. The van der Waals surface area contributed by atoms with E-state index in [4.69, 9.17) is 16.3 Å². The minimum Gasteiger partial charge on any atom is -0.497 e. The van der Waals surface area contributed by atoms with Crippen LogP contribution in [0.2, 0.25) is 5.02 Å². The molecule has 0 saturated heterocycles. The van der Waals surface area contributed by atoms with Gasteiger partial charge < -0.3 is 9.84 Å². The van der Waals surface area contributed by atoms with Crippen molar-refractivity contribution in [1.82, 2.24) is 9.71 Å². The molecule has 6 nitrogen and oxygen atoms in total. The summed E-state index contributed by atoms with van der Waals surface area (Å²) in [4.78, 5) is 4.87. The zero-order valence-corrected chi connectivity index (χ0v) is 24.6. The van der Waals surface area contributed by atoms with Crippen molar-refractivity contribution in [3.05, 3.63) is 112 Å². The molecule has 0 fully saturated rings. The number of pyridine rings is 1. The van der Waals surface area contributed by atoms with Gasteiger partial charge in [-0.05, 0) is 59.8 Å². The third-order valence-corrected chi connectivity index (χ3v) is 9.85. The molecule has 0 saturated carbocycles. The zero-order chi connectivity index (χ0) is 30.3. The second kappa shape index (κ2) is 11.3. The van der Waals surface area contributed by atoms with E-state index < -0.39 is 27.8 Å². The molecule has 218 valence electrons. The van der Waals surface area contributed by atoms with Crippen LogP contribution in [-0.4, -0.2) is 31.8 Å². The number of aromatic nitrogens is 1.